The molecule has 0 fully saturated rings. The second-order valence-corrected chi connectivity index (χ2v) is 6.22. The molecule has 1 N–H and O–H groups in total. The highest BCUT2D eigenvalue weighted by atomic mass is 35.5. The molecule has 0 aliphatic heterocycles. The smallest absolute Gasteiger partial charge is 0.321 e. The first-order valence-electron chi connectivity index (χ1n) is 4.63. The van der Waals surface area contributed by atoms with E-state index >= 15 is 0 Å². The van der Waals surface area contributed by atoms with Gasteiger partial charge in [0.25, 0.3) is 0 Å². The van der Waals surface area contributed by atoms with Crippen LogP contribution in [0.5, 0.6) is 0 Å². The fourth-order valence-electron chi connectivity index (χ4n) is 1.15. The molecule has 0 saturated carbocycles. The standard InChI is InChI=1S/C10H10ClFO4S/c1-6(10(13)14)17(15,16)5-7-8(11)3-2-4-9(7)12/h2-4,6H,5H2,1H3,(H,13,14). The Labute approximate surface area is 103 Å². The Bertz CT molecular complexity index is 521. The first-order chi connectivity index (χ1) is 7.75. The van der Waals surface area contributed by atoms with Crippen LogP contribution in [0.3, 0.4) is 0 Å². The number of hydrogen-bond acceptors (Lipinski definition) is 3. The maximum absolute atomic E-state index is 13.3. The number of hydrogen-bond donors (Lipinski definition) is 1. The van der Waals surface area contributed by atoms with Crippen molar-refractivity contribution in [1.82, 2.24) is 0 Å². The molecule has 0 aromatic heterocycles. The number of rotatable bonds is 4. The molecule has 1 atom stereocenters. The SMILES string of the molecule is CC(C(=O)O)S(=O)(=O)Cc1c(F)cccc1Cl. The maximum atomic E-state index is 13.3. The molecule has 0 aliphatic carbocycles. The number of sulfone groups is 1. The van der Waals surface area contributed by atoms with Gasteiger partial charge in [0.1, 0.15) is 5.82 Å². The van der Waals surface area contributed by atoms with Crippen molar-refractivity contribution < 1.29 is 22.7 Å². The third kappa shape index (κ3) is 3.17. The van der Waals surface area contributed by atoms with E-state index in [-0.39, 0.29) is 10.6 Å². The maximum Gasteiger partial charge on any atom is 0.321 e. The molecular formula is C10H10ClFO4S. The summed E-state index contributed by atoms with van der Waals surface area (Å²) in [5, 5.41) is 6.99. The van der Waals surface area contributed by atoms with Gasteiger partial charge in [-0.25, -0.2) is 12.8 Å². The monoisotopic (exact) mass is 280 g/mol. The minimum absolute atomic E-state index is 0.0360. The van der Waals surface area contributed by atoms with Crippen LogP contribution in [0, 0.1) is 5.82 Å². The third-order valence-electron chi connectivity index (χ3n) is 2.29. The Morgan fingerprint density at radius 2 is 2.12 bits per heavy atom. The third-order valence-corrected chi connectivity index (χ3v) is 4.62. The summed E-state index contributed by atoms with van der Waals surface area (Å²) < 4.78 is 36.6. The molecule has 0 heterocycles. The summed E-state index contributed by atoms with van der Waals surface area (Å²) in [5.41, 5.74) is -0.206. The Kier molecular flexibility index (Phi) is 4.11. The van der Waals surface area contributed by atoms with Crippen molar-refractivity contribution in [2.75, 3.05) is 0 Å². The molecule has 0 radical (unpaired) electrons. The van der Waals surface area contributed by atoms with Crippen LogP contribution in [-0.2, 0) is 20.4 Å². The first-order valence-corrected chi connectivity index (χ1v) is 6.72. The number of halogens is 2. The molecule has 0 spiro atoms. The lowest BCUT2D eigenvalue weighted by molar-refractivity contribution is -0.136. The Morgan fingerprint density at radius 1 is 1.53 bits per heavy atom. The lowest BCUT2D eigenvalue weighted by Crippen LogP contribution is -2.28. The van der Waals surface area contributed by atoms with Gasteiger partial charge in [0.15, 0.2) is 15.1 Å². The van der Waals surface area contributed by atoms with Gasteiger partial charge in [-0.15, -0.1) is 0 Å². The van der Waals surface area contributed by atoms with Gasteiger partial charge in [0.2, 0.25) is 0 Å². The van der Waals surface area contributed by atoms with Gasteiger partial charge in [-0.2, -0.15) is 0 Å². The predicted molar refractivity (Wildman–Crippen MR) is 61.1 cm³/mol. The Balaban J connectivity index is 3.11. The number of carboxylic acids is 1. The summed E-state index contributed by atoms with van der Waals surface area (Å²) in [6.07, 6.45) is 0. The number of aliphatic carboxylic acids is 1. The molecule has 0 bridgehead atoms. The number of benzene rings is 1. The number of carboxylic acid groups (broad SMARTS) is 1. The van der Waals surface area contributed by atoms with Gasteiger partial charge in [-0.05, 0) is 19.1 Å². The van der Waals surface area contributed by atoms with E-state index < -0.39 is 32.6 Å². The fraction of sp³-hybridized carbons (Fsp3) is 0.300. The molecular weight excluding hydrogens is 271 g/mol. The molecule has 94 valence electrons. The lowest BCUT2D eigenvalue weighted by Gasteiger charge is -2.10. The van der Waals surface area contributed by atoms with Gasteiger partial charge in [-0.3, -0.25) is 4.79 Å². The van der Waals surface area contributed by atoms with Crippen LogP contribution in [0.25, 0.3) is 0 Å². The molecule has 4 nitrogen and oxygen atoms in total. The minimum atomic E-state index is -3.98. The summed E-state index contributed by atoms with van der Waals surface area (Å²) >= 11 is 5.67. The fourth-order valence-corrected chi connectivity index (χ4v) is 2.71. The normalized spacial score (nSPS) is 13.4. The minimum Gasteiger partial charge on any atom is -0.480 e. The molecule has 0 aliphatic rings. The van der Waals surface area contributed by atoms with Crippen LogP contribution in [0.4, 0.5) is 4.39 Å². The van der Waals surface area contributed by atoms with Gasteiger partial charge in [0, 0.05) is 10.6 Å². The average Bonchev–Trinajstić information content (AvgIpc) is 2.22. The molecule has 1 rings (SSSR count). The zero-order valence-corrected chi connectivity index (χ0v) is 10.4. The summed E-state index contributed by atoms with van der Waals surface area (Å²) in [7, 11) is -3.98. The van der Waals surface area contributed by atoms with Crippen molar-refractivity contribution >= 4 is 27.4 Å². The molecule has 1 unspecified atom stereocenters. The molecule has 7 heteroatoms. The highest BCUT2D eigenvalue weighted by molar-refractivity contribution is 7.92. The van der Waals surface area contributed by atoms with Crippen molar-refractivity contribution in [3.8, 4) is 0 Å². The molecule has 0 saturated heterocycles. The largest absolute Gasteiger partial charge is 0.480 e. The quantitative estimate of drug-likeness (QED) is 0.914. The predicted octanol–water partition coefficient (Wildman–Crippen LogP) is 1.87. The highest BCUT2D eigenvalue weighted by Crippen LogP contribution is 2.22. The van der Waals surface area contributed by atoms with Crippen molar-refractivity contribution in [2.24, 2.45) is 0 Å². The van der Waals surface area contributed by atoms with Crippen LogP contribution < -0.4 is 0 Å². The topological polar surface area (TPSA) is 71.4 Å². The van der Waals surface area contributed by atoms with Crippen molar-refractivity contribution in [1.29, 1.82) is 0 Å². The van der Waals surface area contributed by atoms with E-state index in [9.17, 15) is 17.6 Å². The summed E-state index contributed by atoms with van der Waals surface area (Å²) in [6.45, 7) is 1.03. The highest BCUT2D eigenvalue weighted by Gasteiger charge is 2.29. The molecule has 0 amide bonds. The van der Waals surface area contributed by atoms with Crippen molar-refractivity contribution in [3.63, 3.8) is 0 Å². The second-order valence-electron chi connectivity index (χ2n) is 3.49. The van der Waals surface area contributed by atoms with Gasteiger partial charge in [-0.1, -0.05) is 17.7 Å². The molecule has 1 aromatic rings. The van der Waals surface area contributed by atoms with E-state index in [1.165, 1.54) is 12.1 Å². The van der Waals surface area contributed by atoms with Crippen molar-refractivity contribution in [3.05, 3.63) is 34.6 Å². The summed E-state index contributed by atoms with van der Waals surface area (Å²) in [5.74, 6) is -2.97. The van der Waals surface area contributed by atoms with Crippen LogP contribution in [0.2, 0.25) is 5.02 Å². The van der Waals surface area contributed by atoms with E-state index in [1.54, 1.807) is 0 Å². The zero-order valence-electron chi connectivity index (χ0n) is 8.85. The number of carbonyl (C=O) groups is 1. The van der Waals surface area contributed by atoms with E-state index in [0.717, 1.165) is 13.0 Å². The van der Waals surface area contributed by atoms with E-state index in [0.29, 0.717) is 0 Å². The van der Waals surface area contributed by atoms with Crippen LogP contribution in [-0.4, -0.2) is 24.7 Å². The van der Waals surface area contributed by atoms with Crippen molar-refractivity contribution in [2.45, 2.75) is 17.9 Å². The van der Waals surface area contributed by atoms with E-state index in [4.69, 9.17) is 16.7 Å². The Morgan fingerprint density at radius 3 is 2.59 bits per heavy atom. The van der Waals surface area contributed by atoms with Crippen LogP contribution >= 0.6 is 11.6 Å². The van der Waals surface area contributed by atoms with Crippen LogP contribution in [0.1, 0.15) is 12.5 Å². The van der Waals surface area contributed by atoms with Gasteiger partial charge < -0.3 is 5.11 Å². The summed E-state index contributed by atoms with van der Waals surface area (Å²) in [6, 6.07) is 3.76. The van der Waals surface area contributed by atoms with Gasteiger partial charge in [0.05, 0.1) is 5.75 Å². The second kappa shape index (κ2) is 5.01. The molecule has 1 aromatic carbocycles. The molecule has 17 heavy (non-hydrogen) atoms. The Hall–Kier alpha value is -1.14. The summed E-state index contributed by atoms with van der Waals surface area (Å²) in [4.78, 5) is 10.6. The zero-order chi connectivity index (χ0) is 13.2. The van der Waals surface area contributed by atoms with Crippen LogP contribution in [0.15, 0.2) is 18.2 Å². The average molecular weight is 281 g/mol. The lowest BCUT2D eigenvalue weighted by atomic mass is 10.2. The van der Waals surface area contributed by atoms with E-state index in [1.807, 2.05) is 0 Å². The first kappa shape index (κ1) is 13.9. The van der Waals surface area contributed by atoms with E-state index in [2.05, 4.69) is 0 Å². The van der Waals surface area contributed by atoms with Gasteiger partial charge >= 0.3 is 5.97 Å².